The molecular formula is C14H27N. The second-order valence-corrected chi connectivity index (χ2v) is 7.12. The predicted molar refractivity (Wildman–Crippen MR) is 65.8 cm³/mol. The van der Waals surface area contributed by atoms with Crippen molar-refractivity contribution in [2.75, 3.05) is 0 Å². The Morgan fingerprint density at radius 1 is 1.13 bits per heavy atom. The van der Waals surface area contributed by atoms with Crippen molar-refractivity contribution in [3.63, 3.8) is 0 Å². The quantitative estimate of drug-likeness (QED) is 0.697. The van der Waals surface area contributed by atoms with Crippen LogP contribution in [0.3, 0.4) is 0 Å². The number of hydrogen-bond donors (Lipinski definition) is 1. The van der Waals surface area contributed by atoms with E-state index in [-0.39, 0.29) is 0 Å². The minimum absolute atomic E-state index is 0.467. The normalized spacial score (nSPS) is 45.8. The van der Waals surface area contributed by atoms with Gasteiger partial charge in [-0.3, -0.25) is 0 Å². The van der Waals surface area contributed by atoms with Gasteiger partial charge in [0.25, 0.3) is 0 Å². The van der Waals surface area contributed by atoms with Gasteiger partial charge < -0.3 is 5.32 Å². The molecule has 0 radical (unpaired) electrons. The zero-order valence-electron chi connectivity index (χ0n) is 11.0. The first kappa shape index (κ1) is 11.4. The van der Waals surface area contributed by atoms with Crippen LogP contribution in [0.5, 0.6) is 0 Å². The monoisotopic (exact) mass is 209 g/mol. The van der Waals surface area contributed by atoms with Gasteiger partial charge in [0.2, 0.25) is 0 Å². The van der Waals surface area contributed by atoms with E-state index in [0.29, 0.717) is 5.41 Å². The first-order valence-corrected chi connectivity index (χ1v) is 6.64. The van der Waals surface area contributed by atoms with Crippen LogP contribution < -0.4 is 5.32 Å². The summed E-state index contributed by atoms with van der Waals surface area (Å²) in [5, 5.41) is 3.84. The van der Waals surface area contributed by atoms with Crippen molar-refractivity contribution in [3.05, 3.63) is 0 Å². The van der Waals surface area contributed by atoms with E-state index in [2.05, 4.69) is 39.9 Å². The lowest BCUT2D eigenvalue weighted by Gasteiger charge is -2.29. The highest BCUT2D eigenvalue weighted by Crippen LogP contribution is 2.47. The van der Waals surface area contributed by atoms with E-state index in [1.165, 1.54) is 19.3 Å². The maximum absolute atomic E-state index is 3.84. The molecule has 88 valence electrons. The molecular weight excluding hydrogens is 182 g/mol. The van der Waals surface area contributed by atoms with E-state index in [9.17, 15) is 0 Å². The molecule has 0 bridgehead atoms. The van der Waals surface area contributed by atoms with Crippen LogP contribution in [0.15, 0.2) is 0 Å². The average molecular weight is 209 g/mol. The van der Waals surface area contributed by atoms with Crippen LogP contribution >= 0.6 is 0 Å². The highest BCUT2D eigenvalue weighted by molar-refractivity contribution is 5.02. The Labute approximate surface area is 95.0 Å². The maximum atomic E-state index is 3.84. The standard InChI is InChI=1S/C14H27N/c1-9-6-7-11-10(2)15-12(13(9)11)8-14(3,4)5/h9-13,15H,6-8H2,1-5H3. The molecule has 1 saturated heterocycles. The smallest absolute Gasteiger partial charge is 0.0109 e. The zero-order chi connectivity index (χ0) is 11.2. The lowest BCUT2D eigenvalue weighted by Crippen LogP contribution is -2.35. The molecule has 15 heavy (non-hydrogen) atoms. The Morgan fingerprint density at radius 2 is 1.80 bits per heavy atom. The second-order valence-electron chi connectivity index (χ2n) is 7.12. The first-order valence-electron chi connectivity index (χ1n) is 6.64. The van der Waals surface area contributed by atoms with E-state index < -0.39 is 0 Å². The van der Waals surface area contributed by atoms with Crippen molar-refractivity contribution in [1.29, 1.82) is 0 Å². The minimum atomic E-state index is 0.467. The lowest BCUT2D eigenvalue weighted by atomic mass is 9.79. The number of rotatable bonds is 1. The van der Waals surface area contributed by atoms with Crippen molar-refractivity contribution in [3.8, 4) is 0 Å². The van der Waals surface area contributed by atoms with Gasteiger partial charge in [0.15, 0.2) is 0 Å². The van der Waals surface area contributed by atoms with Crippen LogP contribution in [-0.4, -0.2) is 12.1 Å². The molecule has 1 aliphatic carbocycles. The molecule has 1 heteroatoms. The van der Waals surface area contributed by atoms with E-state index in [0.717, 1.165) is 29.8 Å². The number of hydrogen-bond acceptors (Lipinski definition) is 1. The molecule has 2 aliphatic rings. The van der Waals surface area contributed by atoms with Crippen LogP contribution in [0.1, 0.15) is 53.9 Å². The third-order valence-electron chi connectivity index (χ3n) is 4.52. The van der Waals surface area contributed by atoms with Crippen LogP contribution in [0.2, 0.25) is 0 Å². The van der Waals surface area contributed by atoms with Gasteiger partial charge in [-0.2, -0.15) is 0 Å². The predicted octanol–water partition coefficient (Wildman–Crippen LogP) is 3.45. The molecule has 0 amide bonds. The van der Waals surface area contributed by atoms with Gasteiger partial charge >= 0.3 is 0 Å². The van der Waals surface area contributed by atoms with E-state index in [1.54, 1.807) is 0 Å². The molecule has 2 rings (SSSR count). The molecule has 0 aromatic heterocycles. The third kappa shape index (κ3) is 2.22. The molecule has 1 saturated carbocycles. The van der Waals surface area contributed by atoms with Gasteiger partial charge in [0.1, 0.15) is 0 Å². The maximum Gasteiger partial charge on any atom is 0.0109 e. The Bertz CT molecular complexity index is 228. The SMILES string of the molecule is CC1CCC2C(C)NC(CC(C)(C)C)C12. The molecule has 0 spiro atoms. The summed E-state index contributed by atoms with van der Waals surface area (Å²) < 4.78 is 0. The molecule has 0 aromatic rings. The Balaban J connectivity index is 2.07. The van der Waals surface area contributed by atoms with E-state index in [4.69, 9.17) is 0 Å². The van der Waals surface area contributed by atoms with Crippen molar-refractivity contribution in [2.24, 2.45) is 23.2 Å². The highest BCUT2D eigenvalue weighted by Gasteiger charge is 2.47. The molecule has 2 fully saturated rings. The summed E-state index contributed by atoms with van der Waals surface area (Å²) in [7, 11) is 0. The Kier molecular flexibility index (Phi) is 2.87. The molecule has 0 aromatic carbocycles. The number of nitrogens with one attached hydrogen (secondary N) is 1. The molecule has 1 nitrogen and oxygen atoms in total. The molecule has 1 aliphatic heterocycles. The van der Waals surface area contributed by atoms with Gasteiger partial charge in [0, 0.05) is 12.1 Å². The Hall–Kier alpha value is -0.0400. The lowest BCUT2D eigenvalue weighted by molar-refractivity contribution is 0.247. The van der Waals surface area contributed by atoms with Gasteiger partial charge in [-0.25, -0.2) is 0 Å². The fourth-order valence-corrected chi connectivity index (χ4v) is 3.97. The summed E-state index contributed by atoms with van der Waals surface area (Å²) in [6.45, 7) is 11.9. The molecule has 1 heterocycles. The highest BCUT2D eigenvalue weighted by atomic mass is 15.0. The summed E-state index contributed by atoms with van der Waals surface area (Å²) >= 11 is 0. The van der Waals surface area contributed by atoms with Gasteiger partial charge in [0.05, 0.1) is 0 Å². The Morgan fingerprint density at radius 3 is 2.40 bits per heavy atom. The van der Waals surface area contributed by atoms with Crippen LogP contribution in [0.25, 0.3) is 0 Å². The van der Waals surface area contributed by atoms with Gasteiger partial charge in [-0.1, -0.05) is 34.1 Å². The topological polar surface area (TPSA) is 12.0 Å². The summed E-state index contributed by atoms with van der Waals surface area (Å²) in [5.41, 5.74) is 0.467. The van der Waals surface area contributed by atoms with E-state index in [1.807, 2.05) is 0 Å². The van der Waals surface area contributed by atoms with E-state index >= 15 is 0 Å². The largest absolute Gasteiger partial charge is 0.311 e. The second kappa shape index (κ2) is 3.76. The van der Waals surface area contributed by atoms with Gasteiger partial charge in [-0.05, 0) is 42.9 Å². The first-order chi connectivity index (χ1) is 6.88. The fourth-order valence-electron chi connectivity index (χ4n) is 3.97. The van der Waals surface area contributed by atoms with Crippen molar-refractivity contribution < 1.29 is 0 Å². The number of fused-ring (bicyclic) bond motifs is 1. The average Bonchev–Trinajstić information content (AvgIpc) is 2.54. The fraction of sp³-hybridized carbons (Fsp3) is 1.00. The zero-order valence-corrected chi connectivity index (χ0v) is 11.0. The summed E-state index contributed by atoms with van der Waals surface area (Å²) in [6, 6.07) is 1.54. The van der Waals surface area contributed by atoms with Gasteiger partial charge in [-0.15, -0.1) is 0 Å². The summed E-state index contributed by atoms with van der Waals surface area (Å²) in [5.74, 6) is 2.87. The third-order valence-corrected chi connectivity index (χ3v) is 4.52. The summed E-state index contributed by atoms with van der Waals surface area (Å²) in [6.07, 6.45) is 4.26. The summed E-state index contributed by atoms with van der Waals surface area (Å²) in [4.78, 5) is 0. The molecule has 5 atom stereocenters. The van der Waals surface area contributed by atoms with Crippen LogP contribution in [-0.2, 0) is 0 Å². The molecule has 1 N–H and O–H groups in total. The van der Waals surface area contributed by atoms with Crippen molar-refractivity contribution >= 4 is 0 Å². The molecule has 5 unspecified atom stereocenters. The van der Waals surface area contributed by atoms with Crippen LogP contribution in [0, 0.1) is 23.2 Å². The van der Waals surface area contributed by atoms with Crippen molar-refractivity contribution in [1.82, 2.24) is 5.32 Å². The minimum Gasteiger partial charge on any atom is -0.311 e. The van der Waals surface area contributed by atoms with Crippen molar-refractivity contribution in [2.45, 2.75) is 66.0 Å². The van der Waals surface area contributed by atoms with Crippen LogP contribution in [0.4, 0.5) is 0 Å².